The molecule has 1 aliphatic carbocycles. The van der Waals surface area contributed by atoms with Crippen molar-refractivity contribution in [2.24, 2.45) is 5.92 Å². The fourth-order valence-electron chi connectivity index (χ4n) is 5.63. The molecular weight excluding hydrogens is 562 g/mol. The molecule has 1 saturated carbocycles. The van der Waals surface area contributed by atoms with E-state index >= 15 is 0 Å². The number of aryl methyl sites for hydroxylation is 1. The van der Waals surface area contributed by atoms with E-state index in [-0.39, 0.29) is 42.6 Å². The van der Waals surface area contributed by atoms with Crippen LogP contribution >= 0.6 is 11.6 Å². The molecule has 7 nitrogen and oxygen atoms in total. The van der Waals surface area contributed by atoms with Crippen molar-refractivity contribution in [1.29, 1.82) is 0 Å². The van der Waals surface area contributed by atoms with Crippen molar-refractivity contribution in [3.8, 4) is 0 Å². The molecule has 1 aliphatic heterocycles. The second-order valence-corrected chi connectivity index (χ2v) is 12.0. The molecule has 43 heavy (non-hydrogen) atoms. The largest absolute Gasteiger partial charge is 0.328 e. The predicted molar refractivity (Wildman–Crippen MR) is 168 cm³/mol. The number of Topliss-reactive ketones (excluding diaryl/α,β-unsaturated/α-hetero) is 2. The number of nitrogens with zero attached hydrogens (tertiary/aromatic N) is 1. The molecule has 0 aromatic heterocycles. The molecule has 0 radical (unpaired) electrons. The monoisotopic (exact) mass is 599 g/mol. The number of amides is 2. The van der Waals surface area contributed by atoms with Crippen LogP contribution in [-0.4, -0.2) is 46.9 Å². The van der Waals surface area contributed by atoms with Crippen LogP contribution in [-0.2, 0) is 27.3 Å². The zero-order valence-corrected chi connectivity index (χ0v) is 25.2. The number of hydrogen-bond donors (Lipinski definition) is 2. The van der Waals surface area contributed by atoms with E-state index in [4.69, 9.17) is 11.6 Å². The average molecular weight is 600 g/mol. The summed E-state index contributed by atoms with van der Waals surface area (Å²) < 4.78 is 0. The molecule has 3 aromatic carbocycles. The molecule has 5 rings (SSSR count). The Bertz CT molecular complexity index is 1490. The van der Waals surface area contributed by atoms with E-state index in [1.54, 1.807) is 41.3 Å². The number of carbonyl (C=O) groups is 4. The minimum absolute atomic E-state index is 0.0182. The summed E-state index contributed by atoms with van der Waals surface area (Å²) in [6.45, 7) is 2.81. The molecule has 0 unspecified atom stereocenters. The fraction of sp³-hybridized carbons (Fsp3) is 0.371. The minimum Gasteiger partial charge on any atom is -0.328 e. The van der Waals surface area contributed by atoms with Crippen LogP contribution in [0.5, 0.6) is 0 Å². The Labute approximate surface area is 258 Å². The summed E-state index contributed by atoms with van der Waals surface area (Å²) in [5.41, 5.74) is 4.07. The molecule has 0 bridgehead atoms. The van der Waals surface area contributed by atoms with Gasteiger partial charge < -0.3 is 15.5 Å². The van der Waals surface area contributed by atoms with Gasteiger partial charge in [-0.15, -0.1) is 0 Å². The molecule has 2 N–H and O–H groups in total. The smallest absolute Gasteiger partial charge is 0.227 e. The van der Waals surface area contributed by atoms with Crippen molar-refractivity contribution in [3.63, 3.8) is 0 Å². The first kappa shape index (κ1) is 30.6. The molecule has 2 aliphatic rings. The molecule has 2 amide bonds. The van der Waals surface area contributed by atoms with Gasteiger partial charge in [0.2, 0.25) is 11.8 Å². The first-order chi connectivity index (χ1) is 20.8. The van der Waals surface area contributed by atoms with E-state index in [1.165, 1.54) is 0 Å². The highest BCUT2D eigenvalue weighted by molar-refractivity contribution is 6.31. The fourth-order valence-corrected chi connectivity index (χ4v) is 5.74. The second-order valence-electron chi connectivity index (χ2n) is 11.6. The molecule has 1 heterocycles. The quantitative estimate of drug-likeness (QED) is 0.238. The highest BCUT2D eigenvalue weighted by Crippen LogP contribution is 2.28. The normalized spacial score (nSPS) is 16.7. The summed E-state index contributed by atoms with van der Waals surface area (Å²) >= 11 is 6.17. The molecule has 8 heteroatoms. The highest BCUT2D eigenvalue weighted by Gasteiger charge is 2.36. The lowest BCUT2D eigenvalue weighted by atomic mass is 9.87. The number of hydrogen-bond acceptors (Lipinski definition) is 5. The van der Waals surface area contributed by atoms with E-state index in [1.807, 2.05) is 43.3 Å². The third kappa shape index (κ3) is 8.18. The number of nitrogens with one attached hydrogen (secondary N) is 2. The molecule has 1 fully saturated rings. The maximum Gasteiger partial charge on any atom is 0.227 e. The summed E-state index contributed by atoms with van der Waals surface area (Å²) in [6, 6.07) is 21.8. The second kappa shape index (κ2) is 14.1. The van der Waals surface area contributed by atoms with Gasteiger partial charge in [0, 0.05) is 60.5 Å². The van der Waals surface area contributed by atoms with Crippen molar-refractivity contribution >= 4 is 40.7 Å². The Morgan fingerprint density at radius 2 is 1.65 bits per heavy atom. The van der Waals surface area contributed by atoms with E-state index < -0.39 is 12.0 Å². The van der Waals surface area contributed by atoms with Crippen molar-refractivity contribution in [1.82, 2.24) is 10.2 Å². The third-order valence-corrected chi connectivity index (χ3v) is 8.77. The summed E-state index contributed by atoms with van der Waals surface area (Å²) in [7, 11) is 0. The number of carbonyl (C=O) groups excluding carboxylic acids is 4. The van der Waals surface area contributed by atoms with Gasteiger partial charge in [-0.3, -0.25) is 19.2 Å². The van der Waals surface area contributed by atoms with E-state index in [2.05, 4.69) is 10.6 Å². The van der Waals surface area contributed by atoms with Crippen LogP contribution in [0.4, 0.5) is 5.69 Å². The van der Waals surface area contributed by atoms with Crippen LogP contribution in [0.25, 0.3) is 0 Å². The molecule has 0 saturated heterocycles. The lowest BCUT2D eigenvalue weighted by Gasteiger charge is -2.36. The van der Waals surface area contributed by atoms with Crippen molar-refractivity contribution < 1.29 is 19.2 Å². The molecule has 0 spiro atoms. The van der Waals surface area contributed by atoms with Gasteiger partial charge >= 0.3 is 0 Å². The lowest BCUT2D eigenvalue weighted by Crippen LogP contribution is -2.49. The van der Waals surface area contributed by atoms with Gasteiger partial charge in [-0.25, -0.2) is 0 Å². The Kier molecular flexibility index (Phi) is 10.1. The van der Waals surface area contributed by atoms with Crippen LogP contribution in [0.2, 0.25) is 5.02 Å². The Hall–Kier alpha value is -3.81. The Morgan fingerprint density at radius 3 is 2.37 bits per heavy atom. The van der Waals surface area contributed by atoms with Crippen LogP contribution in [0.15, 0.2) is 72.8 Å². The lowest BCUT2D eigenvalue weighted by molar-refractivity contribution is -0.141. The summed E-state index contributed by atoms with van der Waals surface area (Å²) in [4.78, 5) is 55.4. The van der Waals surface area contributed by atoms with Gasteiger partial charge in [0.1, 0.15) is 0 Å². The summed E-state index contributed by atoms with van der Waals surface area (Å²) in [6.07, 6.45) is 3.26. The van der Waals surface area contributed by atoms with Crippen LogP contribution in [0, 0.1) is 12.8 Å². The minimum atomic E-state index is -0.696. The van der Waals surface area contributed by atoms with Crippen LogP contribution < -0.4 is 10.6 Å². The van der Waals surface area contributed by atoms with Gasteiger partial charge in [0.05, 0.1) is 6.04 Å². The third-order valence-electron chi connectivity index (χ3n) is 8.35. The highest BCUT2D eigenvalue weighted by atomic mass is 35.5. The van der Waals surface area contributed by atoms with E-state index in [0.717, 1.165) is 29.5 Å². The standard InChI is InChI=1S/C35H38ClN3O4/c1-23-19-29(13-14-30(23)36)38-35(43)26(17-18-37-28-11-12-28)21-33(41)31-20-25-9-5-6-10-27(25)22-39(31)34(42)16-15-32(40)24-7-3-2-4-8-24/h2-10,13-14,19,26,28,31,37H,11-12,15-18,20-22H2,1H3,(H,38,43)/t26-,31+/m1/s1. The number of rotatable bonds is 13. The van der Waals surface area contributed by atoms with Gasteiger partial charge in [-0.2, -0.15) is 0 Å². The Balaban J connectivity index is 1.30. The van der Waals surface area contributed by atoms with Crippen molar-refractivity contribution in [2.75, 3.05) is 11.9 Å². The topological polar surface area (TPSA) is 95.6 Å². The van der Waals surface area contributed by atoms with Crippen molar-refractivity contribution in [2.45, 2.75) is 70.5 Å². The molecule has 224 valence electrons. The predicted octanol–water partition coefficient (Wildman–Crippen LogP) is 5.92. The van der Waals surface area contributed by atoms with Crippen LogP contribution in [0.3, 0.4) is 0 Å². The first-order valence-corrected chi connectivity index (χ1v) is 15.4. The van der Waals surface area contributed by atoms with Crippen molar-refractivity contribution in [3.05, 3.63) is 100 Å². The van der Waals surface area contributed by atoms with E-state index in [0.29, 0.717) is 48.2 Å². The summed E-state index contributed by atoms with van der Waals surface area (Å²) in [5, 5.41) is 7.04. The first-order valence-electron chi connectivity index (χ1n) is 15.1. The maximum absolute atomic E-state index is 14.0. The number of ketones is 2. The van der Waals surface area contributed by atoms with Gasteiger partial charge in [0.25, 0.3) is 0 Å². The average Bonchev–Trinajstić information content (AvgIpc) is 3.85. The Morgan fingerprint density at radius 1 is 0.930 bits per heavy atom. The molecule has 3 aromatic rings. The molecular formula is C35H38ClN3O4. The number of benzene rings is 3. The maximum atomic E-state index is 14.0. The van der Waals surface area contributed by atoms with Crippen LogP contribution in [0.1, 0.15) is 65.6 Å². The number of anilines is 1. The van der Waals surface area contributed by atoms with E-state index in [9.17, 15) is 19.2 Å². The number of fused-ring (bicyclic) bond motifs is 1. The van der Waals surface area contributed by atoms with Gasteiger partial charge in [-0.05, 0) is 67.6 Å². The zero-order chi connectivity index (χ0) is 30.3. The van der Waals surface area contributed by atoms with Gasteiger partial charge in [0.15, 0.2) is 11.6 Å². The SMILES string of the molecule is Cc1cc(NC(=O)[C@H](CCNC2CC2)CC(=O)[C@@H]2Cc3ccccc3CN2C(=O)CCC(=O)c2ccccc2)ccc1Cl. The number of halogens is 1. The molecule has 2 atom stereocenters. The zero-order valence-electron chi connectivity index (χ0n) is 24.5. The van der Waals surface area contributed by atoms with Gasteiger partial charge in [-0.1, -0.05) is 66.2 Å². The summed E-state index contributed by atoms with van der Waals surface area (Å²) in [5.74, 6) is -1.27.